The quantitative estimate of drug-likeness (QED) is 0.732. The highest BCUT2D eigenvalue weighted by molar-refractivity contribution is 5.62. The molecule has 0 aliphatic heterocycles. The number of nitrogens with zero attached hydrogens (tertiary/aromatic N) is 1. The van der Waals surface area contributed by atoms with Gasteiger partial charge in [-0.15, -0.1) is 0 Å². The van der Waals surface area contributed by atoms with Crippen molar-refractivity contribution >= 4 is 5.70 Å². The Balaban J connectivity index is 2.82. The molecule has 0 radical (unpaired) electrons. The van der Waals surface area contributed by atoms with E-state index in [9.17, 15) is 0 Å². The minimum absolute atomic E-state index is 0.881. The molecule has 0 N–H and O–H groups in total. The first-order valence-electron chi connectivity index (χ1n) is 5.31. The molecule has 0 atom stereocenters. The molecule has 82 valence electrons. The second-order valence-electron chi connectivity index (χ2n) is 3.35. The van der Waals surface area contributed by atoms with Crippen molar-refractivity contribution in [1.29, 1.82) is 0 Å². The molecule has 0 bridgehead atoms. The third-order valence-electron chi connectivity index (χ3n) is 2.57. The summed E-state index contributed by atoms with van der Waals surface area (Å²) in [4.78, 5) is 2.24. The lowest BCUT2D eigenvalue weighted by molar-refractivity contribution is 0.414. The number of hydrogen-bond donors (Lipinski definition) is 0. The van der Waals surface area contributed by atoms with E-state index in [-0.39, 0.29) is 0 Å². The molecule has 0 fully saturated rings. The Bertz CT molecular complexity index is 312. The standard InChI is InChI=1S/C13H19NO/c1-5-14(6-2)11(3)12-7-9-13(15-4)10-8-12/h7-10H,3,5-6H2,1-2,4H3. The van der Waals surface area contributed by atoms with Crippen LogP contribution in [0.4, 0.5) is 0 Å². The molecular formula is C13H19NO. The predicted octanol–water partition coefficient (Wildman–Crippen LogP) is 3.01. The van der Waals surface area contributed by atoms with Gasteiger partial charge in [0, 0.05) is 18.8 Å². The summed E-state index contributed by atoms with van der Waals surface area (Å²) in [5.41, 5.74) is 2.22. The molecular weight excluding hydrogens is 186 g/mol. The maximum Gasteiger partial charge on any atom is 0.118 e. The van der Waals surface area contributed by atoms with Crippen LogP contribution in [-0.2, 0) is 0 Å². The first-order valence-corrected chi connectivity index (χ1v) is 5.31. The molecule has 2 nitrogen and oxygen atoms in total. The lowest BCUT2D eigenvalue weighted by Crippen LogP contribution is -2.20. The number of rotatable bonds is 5. The van der Waals surface area contributed by atoms with Crippen molar-refractivity contribution in [3.05, 3.63) is 36.4 Å². The highest BCUT2D eigenvalue weighted by atomic mass is 16.5. The topological polar surface area (TPSA) is 12.5 Å². The van der Waals surface area contributed by atoms with Gasteiger partial charge < -0.3 is 9.64 Å². The molecule has 0 heterocycles. The average Bonchev–Trinajstić information content (AvgIpc) is 2.30. The Labute approximate surface area is 92.2 Å². The summed E-state index contributed by atoms with van der Waals surface area (Å²) in [6, 6.07) is 8.01. The smallest absolute Gasteiger partial charge is 0.118 e. The summed E-state index contributed by atoms with van der Waals surface area (Å²) in [6.07, 6.45) is 0. The summed E-state index contributed by atoms with van der Waals surface area (Å²) >= 11 is 0. The van der Waals surface area contributed by atoms with Gasteiger partial charge in [-0.05, 0) is 43.7 Å². The molecule has 0 aliphatic carbocycles. The molecule has 0 spiro atoms. The van der Waals surface area contributed by atoms with E-state index in [1.54, 1.807) is 7.11 Å². The Morgan fingerprint density at radius 3 is 2.13 bits per heavy atom. The van der Waals surface area contributed by atoms with Gasteiger partial charge in [-0.25, -0.2) is 0 Å². The highest BCUT2D eigenvalue weighted by Gasteiger charge is 2.05. The maximum absolute atomic E-state index is 5.12. The fraction of sp³-hybridized carbons (Fsp3) is 0.385. The number of ether oxygens (including phenoxy) is 1. The molecule has 0 aliphatic rings. The lowest BCUT2D eigenvalue weighted by Gasteiger charge is -2.23. The molecule has 1 aromatic rings. The lowest BCUT2D eigenvalue weighted by atomic mass is 10.1. The van der Waals surface area contributed by atoms with Crippen molar-refractivity contribution in [2.45, 2.75) is 13.8 Å². The highest BCUT2D eigenvalue weighted by Crippen LogP contribution is 2.19. The fourth-order valence-corrected chi connectivity index (χ4v) is 1.57. The first-order chi connectivity index (χ1) is 7.22. The molecule has 2 heteroatoms. The van der Waals surface area contributed by atoms with E-state index >= 15 is 0 Å². The van der Waals surface area contributed by atoms with Gasteiger partial charge in [0.25, 0.3) is 0 Å². The van der Waals surface area contributed by atoms with Gasteiger partial charge in [0.1, 0.15) is 5.75 Å². The third kappa shape index (κ3) is 2.75. The summed E-state index contributed by atoms with van der Waals surface area (Å²) in [6.45, 7) is 10.4. The van der Waals surface area contributed by atoms with E-state index in [0.29, 0.717) is 0 Å². The van der Waals surface area contributed by atoms with Crippen LogP contribution in [0.5, 0.6) is 5.75 Å². The van der Waals surface area contributed by atoms with Gasteiger partial charge in [-0.3, -0.25) is 0 Å². The normalized spacial score (nSPS) is 9.80. The van der Waals surface area contributed by atoms with Gasteiger partial charge >= 0.3 is 0 Å². The minimum Gasteiger partial charge on any atom is -0.497 e. The summed E-state index contributed by atoms with van der Waals surface area (Å²) < 4.78 is 5.12. The Kier molecular flexibility index (Phi) is 4.22. The average molecular weight is 205 g/mol. The van der Waals surface area contributed by atoms with E-state index in [1.165, 1.54) is 0 Å². The molecule has 0 amide bonds. The zero-order chi connectivity index (χ0) is 11.3. The van der Waals surface area contributed by atoms with Gasteiger partial charge in [-0.2, -0.15) is 0 Å². The summed E-state index contributed by atoms with van der Waals surface area (Å²) in [7, 11) is 1.67. The largest absolute Gasteiger partial charge is 0.497 e. The van der Waals surface area contributed by atoms with Crippen LogP contribution in [0.3, 0.4) is 0 Å². The molecule has 0 unspecified atom stereocenters. The second-order valence-corrected chi connectivity index (χ2v) is 3.35. The number of benzene rings is 1. The molecule has 0 saturated heterocycles. The van der Waals surface area contributed by atoms with Crippen LogP contribution < -0.4 is 4.74 Å². The van der Waals surface area contributed by atoms with Gasteiger partial charge in [-0.1, -0.05) is 6.58 Å². The van der Waals surface area contributed by atoms with Crippen LogP contribution >= 0.6 is 0 Å². The van der Waals surface area contributed by atoms with E-state index < -0.39 is 0 Å². The van der Waals surface area contributed by atoms with Crippen molar-refractivity contribution in [2.75, 3.05) is 20.2 Å². The Morgan fingerprint density at radius 2 is 1.73 bits per heavy atom. The molecule has 1 rings (SSSR count). The predicted molar refractivity (Wildman–Crippen MR) is 64.9 cm³/mol. The zero-order valence-corrected chi connectivity index (χ0v) is 9.79. The SMILES string of the molecule is C=C(c1ccc(OC)cc1)N(CC)CC. The maximum atomic E-state index is 5.12. The van der Waals surface area contributed by atoms with E-state index in [2.05, 4.69) is 25.3 Å². The van der Waals surface area contributed by atoms with Crippen molar-refractivity contribution in [1.82, 2.24) is 4.90 Å². The van der Waals surface area contributed by atoms with Crippen LogP contribution in [0, 0.1) is 0 Å². The third-order valence-corrected chi connectivity index (χ3v) is 2.57. The summed E-state index contributed by atoms with van der Waals surface area (Å²) in [5.74, 6) is 0.881. The molecule has 15 heavy (non-hydrogen) atoms. The van der Waals surface area contributed by atoms with Crippen molar-refractivity contribution in [2.24, 2.45) is 0 Å². The van der Waals surface area contributed by atoms with Crippen molar-refractivity contribution in [3.8, 4) is 5.75 Å². The Morgan fingerprint density at radius 1 is 1.20 bits per heavy atom. The second kappa shape index (κ2) is 5.44. The number of methoxy groups -OCH3 is 1. The van der Waals surface area contributed by atoms with Gasteiger partial charge in [0.05, 0.1) is 7.11 Å². The molecule has 0 aromatic heterocycles. The van der Waals surface area contributed by atoms with E-state index in [0.717, 1.165) is 30.1 Å². The van der Waals surface area contributed by atoms with Crippen LogP contribution in [0.2, 0.25) is 0 Å². The van der Waals surface area contributed by atoms with Crippen LogP contribution in [0.25, 0.3) is 5.70 Å². The molecule has 1 aromatic carbocycles. The van der Waals surface area contributed by atoms with E-state index in [4.69, 9.17) is 4.74 Å². The van der Waals surface area contributed by atoms with E-state index in [1.807, 2.05) is 24.3 Å². The number of hydrogen-bond acceptors (Lipinski definition) is 2. The van der Waals surface area contributed by atoms with Crippen molar-refractivity contribution < 1.29 is 4.74 Å². The van der Waals surface area contributed by atoms with Gasteiger partial charge in [0.15, 0.2) is 0 Å². The van der Waals surface area contributed by atoms with Crippen LogP contribution in [0.15, 0.2) is 30.8 Å². The zero-order valence-electron chi connectivity index (χ0n) is 9.79. The summed E-state index contributed by atoms with van der Waals surface area (Å²) in [5, 5.41) is 0. The first kappa shape index (κ1) is 11.6. The minimum atomic E-state index is 0.881. The van der Waals surface area contributed by atoms with Crippen LogP contribution in [-0.4, -0.2) is 25.1 Å². The van der Waals surface area contributed by atoms with Crippen LogP contribution in [0.1, 0.15) is 19.4 Å². The van der Waals surface area contributed by atoms with Crippen molar-refractivity contribution in [3.63, 3.8) is 0 Å². The molecule has 0 saturated carbocycles. The monoisotopic (exact) mass is 205 g/mol. The fourth-order valence-electron chi connectivity index (χ4n) is 1.57. The Hall–Kier alpha value is -1.44. The van der Waals surface area contributed by atoms with Gasteiger partial charge in [0.2, 0.25) is 0 Å².